The number of hydrogen-bond donors (Lipinski definition) is 1. The molecule has 1 heterocycles. The minimum atomic E-state index is -0.347. The SMILES string of the molecule is COc1cc(/C=N\NC(=O)c2cccnc2)cc(Br)c1OCc1ccccc1Cl. The van der Waals surface area contributed by atoms with E-state index in [1.54, 1.807) is 31.5 Å². The largest absolute Gasteiger partial charge is 0.493 e. The lowest BCUT2D eigenvalue weighted by Crippen LogP contribution is -2.17. The molecule has 1 amide bonds. The van der Waals surface area contributed by atoms with Crippen LogP contribution in [0.5, 0.6) is 11.5 Å². The molecule has 0 bridgehead atoms. The van der Waals surface area contributed by atoms with Crippen LogP contribution in [0.4, 0.5) is 0 Å². The fourth-order valence-corrected chi connectivity index (χ4v) is 3.21. The fraction of sp³-hybridized carbons (Fsp3) is 0.0952. The smallest absolute Gasteiger partial charge is 0.272 e. The maximum Gasteiger partial charge on any atom is 0.272 e. The van der Waals surface area contributed by atoms with E-state index in [0.717, 1.165) is 5.56 Å². The zero-order valence-corrected chi connectivity index (χ0v) is 17.8. The number of aromatic nitrogens is 1. The minimum Gasteiger partial charge on any atom is -0.493 e. The number of amides is 1. The van der Waals surface area contributed by atoms with Crippen molar-refractivity contribution in [3.8, 4) is 11.5 Å². The first-order valence-electron chi connectivity index (χ1n) is 8.55. The van der Waals surface area contributed by atoms with Gasteiger partial charge >= 0.3 is 0 Å². The molecule has 0 aliphatic rings. The average Bonchev–Trinajstić information content (AvgIpc) is 2.74. The summed E-state index contributed by atoms with van der Waals surface area (Å²) in [5.74, 6) is 0.718. The Morgan fingerprint density at radius 3 is 2.83 bits per heavy atom. The third-order valence-corrected chi connectivity index (χ3v) is 4.84. The summed E-state index contributed by atoms with van der Waals surface area (Å²) in [6, 6.07) is 14.4. The van der Waals surface area contributed by atoms with Crippen molar-refractivity contribution >= 4 is 39.7 Å². The second-order valence-corrected chi connectivity index (χ2v) is 7.12. The Morgan fingerprint density at radius 1 is 1.28 bits per heavy atom. The van der Waals surface area contributed by atoms with Gasteiger partial charge < -0.3 is 9.47 Å². The first kappa shape index (κ1) is 20.8. The molecule has 0 atom stereocenters. The van der Waals surface area contributed by atoms with E-state index in [1.807, 2.05) is 30.3 Å². The van der Waals surface area contributed by atoms with E-state index in [-0.39, 0.29) is 5.91 Å². The lowest BCUT2D eigenvalue weighted by atomic mass is 10.2. The van der Waals surface area contributed by atoms with Crippen LogP contribution in [0, 0.1) is 0 Å². The van der Waals surface area contributed by atoms with Gasteiger partial charge in [-0.15, -0.1) is 0 Å². The van der Waals surface area contributed by atoms with Gasteiger partial charge in [0.05, 0.1) is 23.4 Å². The maximum atomic E-state index is 12.0. The molecule has 0 aliphatic carbocycles. The number of methoxy groups -OCH3 is 1. The first-order chi connectivity index (χ1) is 14.1. The van der Waals surface area contributed by atoms with Gasteiger partial charge in [-0.1, -0.05) is 29.8 Å². The van der Waals surface area contributed by atoms with Crippen molar-refractivity contribution in [3.05, 3.63) is 87.1 Å². The predicted molar refractivity (Wildman–Crippen MR) is 116 cm³/mol. The molecule has 2 aromatic carbocycles. The Labute approximate surface area is 181 Å². The second-order valence-electron chi connectivity index (χ2n) is 5.86. The van der Waals surface area contributed by atoms with Crippen LogP contribution in [-0.2, 0) is 6.61 Å². The van der Waals surface area contributed by atoms with E-state index >= 15 is 0 Å². The van der Waals surface area contributed by atoms with Crippen molar-refractivity contribution in [2.45, 2.75) is 6.61 Å². The molecule has 3 rings (SSSR count). The van der Waals surface area contributed by atoms with Gasteiger partial charge in [0.1, 0.15) is 6.61 Å². The quantitative estimate of drug-likeness (QED) is 0.392. The van der Waals surface area contributed by atoms with Gasteiger partial charge in [-0.05, 0) is 51.8 Å². The molecule has 148 valence electrons. The van der Waals surface area contributed by atoms with Crippen LogP contribution in [0.2, 0.25) is 5.02 Å². The van der Waals surface area contributed by atoms with Crippen LogP contribution in [0.1, 0.15) is 21.5 Å². The van der Waals surface area contributed by atoms with Crippen molar-refractivity contribution in [1.29, 1.82) is 0 Å². The summed E-state index contributed by atoms with van der Waals surface area (Å²) in [5, 5.41) is 4.62. The van der Waals surface area contributed by atoms with E-state index in [0.29, 0.717) is 38.7 Å². The third-order valence-electron chi connectivity index (χ3n) is 3.89. The summed E-state index contributed by atoms with van der Waals surface area (Å²) in [7, 11) is 1.55. The van der Waals surface area contributed by atoms with E-state index in [2.05, 4.69) is 31.4 Å². The van der Waals surface area contributed by atoms with Crippen LogP contribution in [0.25, 0.3) is 0 Å². The number of hydrogen-bond acceptors (Lipinski definition) is 5. The molecule has 0 saturated carbocycles. The standard InChI is InChI=1S/C21H17BrClN3O3/c1-28-19-10-14(11-25-26-21(27)15-6-4-8-24-12-15)9-17(22)20(19)29-13-16-5-2-3-7-18(16)23/h2-12H,13H2,1H3,(H,26,27)/b25-11-. The predicted octanol–water partition coefficient (Wildman–Crippen LogP) is 4.85. The minimum absolute atomic E-state index is 0.295. The van der Waals surface area contributed by atoms with Crippen molar-refractivity contribution < 1.29 is 14.3 Å². The second kappa shape index (κ2) is 10.0. The molecule has 1 aromatic heterocycles. The molecule has 0 aliphatic heterocycles. The van der Waals surface area contributed by atoms with Gasteiger partial charge in [0.25, 0.3) is 5.91 Å². The zero-order valence-electron chi connectivity index (χ0n) is 15.4. The van der Waals surface area contributed by atoms with E-state index in [9.17, 15) is 4.79 Å². The van der Waals surface area contributed by atoms with E-state index < -0.39 is 0 Å². The fourth-order valence-electron chi connectivity index (χ4n) is 2.45. The van der Waals surface area contributed by atoms with Crippen LogP contribution in [0.3, 0.4) is 0 Å². The number of nitrogens with one attached hydrogen (secondary N) is 1. The normalized spacial score (nSPS) is 10.7. The number of nitrogens with zero attached hydrogens (tertiary/aromatic N) is 2. The number of carbonyl (C=O) groups is 1. The Balaban J connectivity index is 1.70. The number of halogens is 2. The van der Waals surface area contributed by atoms with Crippen molar-refractivity contribution in [2.24, 2.45) is 5.10 Å². The molecule has 0 radical (unpaired) electrons. The Hall–Kier alpha value is -2.90. The Bertz CT molecular complexity index is 1030. The molecule has 1 N–H and O–H groups in total. The molecule has 0 unspecified atom stereocenters. The number of carbonyl (C=O) groups excluding carboxylic acids is 1. The number of pyridine rings is 1. The molecule has 6 nitrogen and oxygen atoms in total. The van der Waals surface area contributed by atoms with Crippen LogP contribution >= 0.6 is 27.5 Å². The summed E-state index contributed by atoms with van der Waals surface area (Å²) < 4.78 is 12.0. The van der Waals surface area contributed by atoms with Crippen LogP contribution in [-0.4, -0.2) is 24.2 Å². The Morgan fingerprint density at radius 2 is 2.10 bits per heavy atom. The third kappa shape index (κ3) is 5.56. The molecular weight excluding hydrogens is 458 g/mol. The Kier molecular flexibility index (Phi) is 7.21. The van der Waals surface area contributed by atoms with E-state index in [1.165, 1.54) is 12.4 Å². The van der Waals surface area contributed by atoms with Gasteiger partial charge in [-0.2, -0.15) is 5.10 Å². The molecule has 0 saturated heterocycles. The van der Waals surface area contributed by atoms with Crippen molar-refractivity contribution in [2.75, 3.05) is 7.11 Å². The first-order valence-corrected chi connectivity index (χ1v) is 9.72. The average molecular weight is 475 g/mol. The number of rotatable bonds is 7. The lowest BCUT2D eigenvalue weighted by molar-refractivity contribution is 0.0955. The van der Waals surface area contributed by atoms with Gasteiger partial charge in [-0.25, -0.2) is 5.43 Å². The van der Waals surface area contributed by atoms with Gasteiger partial charge in [0, 0.05) is 23.0 Å². The topological polar surface area (TPSA) is 72.8 Å². The number of ether oxygens (including phenoxy) is 2. The number of hydrazone groups is 1. The summed E-state index contributed by atoms with van der Waals surface area (Å²) in [4.78, 5) is 15.9. The maximum absolute atomic E-state index is 12.0. The summed E-state index contributed by atoms with van der Waals surface area (Å²) >= 11 is 9.67. The monoisotopic (exact) mass is 473 g/mol. The van der Waals surface area contributed by atoms with E-state index in [4.69, 9.17) is 21.1 Å². The highest BCUT2D eigenvalue weighted by molar-refractivity contribution is 9.10. The summed E-state index contributed by atoms with van der Waals surface area (Å²) in [6.07, 6.45) is 4.58. The summed E-state index contributed by atoms with van der Waals surface area (Å²) in [6.45, 7) is 0.295. The van der Waals surface area contributed by atoms with Crippen molar-refractivity contribution in [1.82, 2.24) is 10.4 Å². The van der Waals surface area contributed by atoms with Crippen molar-refractivity contribution in [3.63, 3.8) is 0 Å². The van der Waals surface area contributed by atoms with Gasteiger partial charge in [0.15, 0.2) is 11.5 Å². The zero-order chi connectivity index (χ0) is 20.6. The number of benzene rings is 2. The lowest BCUT2D eigenvalue weighted by Gasteiger charge is -2.14. The highest BCUT2D eigenvalue weighted by Crippen LogP contribution is 2.37. The summed E-state index contributed by atoms with van der Waals surface area (Å²) in [5.41, 5.74) is 4.46. The highest BCUT2D eigenvalue weighted by Gasteiger charge is 2.12. The molecule has 3 aromatic rings. The van der Waals surface area contributed by atoms with Gasteiger partial charge in [-0.3, -0.25) is 9.78 Å². The molecule has 0 fully saturated rings. The molecule has 8 heteroatoms. The molecule has 0 spiro atoms. The van der Waals surface area contributed by atoms with Gasteiger partial charge in [0.2, 0.25) is 0 Å². The molecular formula is C21H17BrClN3O3. The van der Waals surface area contributed by atoms with Crippen LogP contribution in [0.15, 0.2) is 70.5 Å². The molecule has 29 heavy (non-hydrogen) atoms. The van der Waals surface area contributed by atoms with Crippen LogP contribution < -0.4 is 14.9 Å². The highest BCUT2D eigenvalue weighted by atomic mass is 79.9.